The van der Waals surface area contributed by atoms with Crippen molar-refractivity contribution in [3.8, 4) is 5.75 Å². The van der Waals surface area contributed by atoms with E-state index in [-0.39, 0.29) is 5.91 Å². The molecule has 3 rings (SSSR count). The Hall–Kier alpha value is -3.11. The van der Waals surface area contributed by atoms with Gasteiger partial charge < -0.3 is 14.8 Å². The van der Waals surface area contributed by atoms with Crippen molar-refractivity contribution in [1.29, 1.82) is 0 Å². The molecule has 0 fully saturated rings. The van der Waals surface area contributed by atoms with E-state index in [0.717, 1.165) is 41.8 Å². The maximum atomic E-state index is 12.0. The number of amides is 1. The van der Waals surface area contributed by atoms with Crippen LogP contribution in [0.3, 0.4) is 0 Å². The summed E-state index contributed by atoms with van der Waals surface area (Å²) in [6, 6.07) is 26.4. The summed E-state index contributed by atoms with van der Waals surface area (Å²) < 4.78 is 11.1. The van der Waals surface area contributed by atoms with Crippen LogP contribution in [0.4, 0.5) is 5.69 Å². The Balaban J connectivity index is 1.56. The Morgan fingerprint density at radius 2 is 1.50 bits per heavy atom. The number of para-hydroxylation sites is 2. The van der Waals surface area contributed by atoms with Crippen LogP contribution in [0.5, 0.6) is 5.75 Å². The third-order valence-corrected chi connectivity index (χ3v) is 4.93. The number of hydrogen-bond acceptors (Lipinski definition) is 3. The SMILES string of the molecule is COCCC(=O)Nc1ccccc1CCCc1ccccc1OCc1ccccc1. The second-order valence-corrected chi connectivity index (χ2v) is 7.18. The Labute approximate surface area is 178 Å². The summed E-state index contributed by atoms with van der Waals surface area (Å²) in [6.45, 7) is 0.988. The fourth-order valence-electron chi connectivity index (χ4n) is 3.32. The first kappa shape index (κ1) is 21.6. The molecule has 0 unspecified atom stereocenters. The number of hydrogen-bond donors (Lipinski definition) is 1. The highest BCUT2D eigenvalue weighted by Crippen LogP contribution is 2.23. The van der Waals surface area contributed by atoms with Gasteiger partial charge in [-0.2, -0.15) is 0 Å². The third kappa shape index (κ3) is 6.75. The molecule has 1 N–H and O–H groups in total. The van der Waals surface area contributed by atoms with Gasteiger partial charge in [-0.05, 0) is 48.1 Å². The molecule has 3 aromatic carbocycles. The number of nitrogens with one attached hydrogen (secondary N) is 1. The van der Waals surface area contributed by atoms with Crippen molar-refractivity contribution in [1.82, 2.24) is 0 Å². The third-order valence-electron chi connectivity index (χ3n) is 4.93. The fourth-order valence-corrected chi connectivity index (χ4v) is 3.32. The van der Waals surface area contributed by atoms with Gasteiger partial charge >= 0.3 is 0 Å². The zero-order valence-corrected chi connectivity index (χ0v) is 17.5. The zero-order valence-electron chi connectivity index (χ0n) is 17.5. The predicted molar refractivity (Wildman–Crippen MR) is 121 cm³/mol. The minimum absolute atomic E-state index is 0.0241. The topological polar surface area (TPSA) is 47.6 Å². The van der Waals surface area contributed by atoms with Crippen LogP contribution >= 0.6 is 0 Å². The van der Waals surface area contributed by atoms with Crippen molar-refractivity contribution in [2.24, 2.45) is 0 Å². The monoisotopic (exact) mass is 403 g/mol. The molecule has 0 aliphatic heterocycles. The van der Waals surface area contributed by atoms with E-state index in [9.17, 15) is 4.79 Å². The number of aryl methyl sites for hydroxylation is 2. The molecule has 0 aromatic heterocycles. The van der Waals surface area contributed by atoms with Crippen LogP contribution in [0.2, 0.25) is 0 Å². The first-order chi connectivity index (χ1) is 14.8. The number of carbonyl (C=O) groups is 1. The Morgan fingerprint density at radius 3 is 2.30 bits per heavy atom. The molecule has 0 radical (unpaired) electrons. The van der Waals surface area contributed by atoms with Gasteiger partial charge in [0.2, 0.25) is 5.91 Å². The van der Waals surface area contributed by atoms with Crippen LogP contribution in [0.1, 0.15) is 29.5 Å². The molecule has 0 saturated carbocycles. The summed E-state index contributed by atoms with van der Waals surface area (Å²) in [7, 11) is 1.60. The van der Waals surface area contributed by atoms with Crippen molar-refractivity contribution in [2.45, 2.75) is 32.3 Å². The van der Waals surface area contributed by atoms with Gasteiger partial charge in [0.25, 0.3) is 0 Å². The smallest absolute Gasteiger partial charge is 0.226 e. The lowest BCUT2D eigenvalue weighted by atomic mass is 10.0. The zero-order chi connectivity index (χ0) is 21.0. The molecule has 4 nitrogen and oxygen atoms in total. The molecule has 0 aliphatic carbocycles. The molecule has 30 heavy (non-hydrogen) atoms. The van der Waals surface area contributed by atoms with E-state index in [1.54, 1.807) is 7.11 Å². The fraction of sp³-hybridized carbons (Fsp3) is 0.269. The summed E-state index contributed by atoms with van der Waals surface area (Å²) in [5, 5.41) is 3.00. The summed E-state index contributed by atoms with van der Waals surface area (Å²) in [5.74, 6) is 0.909. The van der Waals surface area contributed by atoms with E-state index in [1.807, 2.05) is 48.5 Å². The first-order valence-electron chi connectivity index (χ1n) is 10.4. The van der Waals surface area contributed by atoms with Crippen LogP contribution in [-0.4, -0.2) is 19.6 Å². The number of ether oxygens (including phenoxy) is 2. The molecule has 3 aromatic rings. The number of benzene rings is 3. The van der Waals surface area contributed by atoms with Gasteiger partial charge in [-0.3, -0.25) is 4.79 Å². The van der Waals surface area contributed by atoms with Crippen molar-refractivity contribution >= 4 is 11.6 Å². The molecule has 4 heteroatoms. The average Bonchev–Trinajstić information content (AvgIpc) is 2.79. The Kier molecular flexibility index (Phi) is 8.48. The highest BCUT2D eigenvalue weighted by molar-refractivity contribution is 5.91. The molecular formula is C26H29NO3. The van der Waals surface area contributed by atoms with Crippen LogP contribution in [-0.2, 0) is 29.0 Å². The van der Waals surface area contributed by atoms with Crippen LogP contribution in [0.15, 0.2) is 78.9 Å². The summed E-state index contributed by atoms with van der Waals surface area (Å²) >= 11 is 0. The lowest BCUT2D eigenvalue weighted by molar-refractivity contribution is -0.117. The highest BCUT2D eigenvalue weighted by Gasteiger charge is 2.08. The largest absolute Gasteiger partial charge is 0.489 e. The van der Waals surface area contributed by atoms with Crippen molar-refractivity contribution < 1.29 is 14.3 Å². The number of methoxy groups -OCH3 is 1. The summed E-state index contributed by atoms with van der Waals surface area (Å²) in [4.78, 5) is 12.0. The van der Waals surface area contributed by atoms with Crippen molar-refractivity contribution in [2.75, 3.05) is 19.0 Å². The maximum absolute atomic E-state index is 12.0. The molecule has 0 heterocycles. The van der Waals surface area contributed by atoms with Gasteiger partial charge in [-0.25, -0.2) is 0 Å². The second-order valence-electron chi connectivity index (χ2n) is 7.18. The Bertz CT molecular complexity index is 924. The van der Waals surface area contributed by atoms with Gasteiger partial charge in [-0.1, -0.05) is 66.7 Å². The van der Waals surface area contributed by atoms with Gasteiger partial charge in [-0.15, -0.1) is 0 Å². The van der Waals surface area contributed by atoms with Gasteiger partial charge in [0.15, 0.2) is 0 Å². The van der Waals surface area contributed by atoms with E-state index in [1.165, 1.54) is 5.56 Å². The average molecular weight is 404 g/mol. The predicted octanol–water partition coefficient (Wildman–Crippen LogP) is 5.42. The van der Waals surface area contributed by atoms with Crippen LogP contribution in [0.25, 0.3) is 0 Å². The number of rotatable bonds is 11. The van der Waals surface area contributed by atoms with Gasteiger partial charge in [0.05, 0.1) is 13.0 Å². The van der Waals surface area contributed by atoms with E-state index < -0.39 is 0 Å². The molecule has 0 aliphatic rings. The standard InChI is InChI=1S/C26H29NO3/c1-29-19-18-26(28)27-24-16-7-5-12-22(24)14-9-15-23-13-6-8-17-25(23)30-20-21-10-3-2-4-11-21/h2-8,10-13,16-17H,9,14-15,18-20H2,1H3,(H,27,28). The quantitative estimate of drug-likeness (QED) is 0.465. The summed E-state index contributed by atoms with van der Waals surface area (Å²) in [5.41, 5.74) is 4.39. The molecule has 0 saturated heterocycles. The molecular weight excluding hydrogens is 374 g/mol. The van der Waals surface area contributed by atoms with E-state index in [4.69, 9.17) is 9.47 Å². The normalized spacial score (nSPS) is 10.6. The van der Waals surface area contributed by atoms with Crippen molar-refractivity contribution in [3.63, 3.8) is 0 Å². The Morgan fingerprint density at radius 1 is 0.833 bits per heavy atom. The first-order valence-corrected chi connectivity index (χ1v) is 10.4. The molecule has 0 spiro atoms. The molecule has 0 atom stereocenters. The van der Waals surface area contributed by atoms with Gasteiger partial charge in [0.1, 0.15) is 12.4 Å². The lowest BCUT2D eigenvalue weighted by Crippen LogP contribution is -2.14. The number of carbonyl (C=O) groups excluding carboxylic acids is 1. The minimum atomic E-state index is -0.0241. The van der Waals surface area contributed by atoms with Crippen LogP contribution < -0.4 is 10.1 Å². The lowest BCUT2D eigenvalue weighted by Gasteiger charge is -2.13. The summed E-state index contributed by atoms with van der Waals surface area (Å²) in [6.07, 6.45) is 3.12. The second kappa shape index (κ2) is 11.8. The van der Waals surface area contributed by atoms with E-state index in [0.29, 0.717) is 19.6 Å². The minimum Gasteiger partial charge on any atom is -0.489 e. The van der Waals surface area contributed by atoms with E-state index in [2.05, 4.69) is 35.6 Å². The van der Waals surface area contributed by atoms with Crippen molar-refractivity contribution in [3.05, 3.63) is 95.6 Å². The molecule has 1 amide bonds. The maximum Gasteiger partial charge on any atom is 0.226 e. The van der Waals surface area contributed by atoms with E-state index >= 15 is 0 Å². The molecule has 156 valence electrons. The molecule has 0 bridgehead atoms. The van der Waals surface area contributed by atoms with Gasteiger partial charge in [0, 0.05) is 12.8 Å². The number of anilines is 1. The van der Waals surface area contributed by atoms with Crippen LogP contribution in [0, 0.1) is 0 Å². The highest BCUT2D eigenvalue weighted by atomic mass is 16.5.